The number of anilines is 1. The van der Waals surface area contributed by atoms with Gasteiger partial charge in [-0.25, -0.2) is 4.98 Å². The Kier molecular flexibility index (Phi) is 5.82. The second-order valence-electron chi connectivity index (χ2n) is 9.12. The number of pyridine rings is 1. The van der Waals surface area contributed by atoms with Gasteiger partial charge in [-0.3, -0.25) is 9.59 Å². The third-order valence-corrected chi connectivity index (χ3v) is 7.95. The van der Waals surface area contributed by atoms with Crippen molar-refractivity contribution in [2.45, 2.75) is 51.9 Å². The second kappa shape index (κ2) is 8.73. The largest absolute Gasteiger partial charge is 0.370 e. The first kappa shape index (κ1) is 20.7. The van der Waals surface area contributed by atoms with E-state index in [1.54, 1.807) is 6.20 Å². The van der Waals surface area contributed by atoms with Crippen LogP contribution in [-0.4, -0.2) is 70.2 Å². The van der Waals surface area contributed by atoms with Crippen LogP contribution in [0.25, 0.3) is 10.2 Å². The summed E-state index contributed by atoms with van der Waals surface area (Å²) in [4.78, 5) is 38.2. The van der Waals surface area contributed by atoms with Gasteiger partial charge in [0.1, 0.15) is 4.83 Å². The summed E-state index contributed by atoms with van der Waals surface area (Å²) in [6.07, 6.45) is 9.03. The first-order valence-corrected chi connectivity index (χ1v) is 12.5. The van der Waals surface area contributed by atoms with E-state index in [0.29, 0.717) is 11.5 Å². The van der Waals surface area contributed by atoms with Crippen molar-refractivity contribution in [3.8, 4) is 0 Å². The summed E-state index contributed by atoms with van der Waals surface area (Å²) in [5.74, 6) is 0.523. The van der Waals surface area contributed by atoms with Gasteiger partial charge in [0.15, 0.2) is 0 Å². The summed E-state index contributed by atoms with van der Waals surface area (Å²) in [6.45, 7) is 7.06. The fourth-order valence-electron chi connectivity index (χ4n) is 5.34. The molecule has 0 spiro atoms. The summed E-state index contributed by atoms with van der Waals surface area (Å²) < 4.78 is 4.53. The summed E-state index contributed by atoms with van der Waals surface area (Å²) in [6, 6.07) is 0. The monoisotopic (exact) mass is 441 g/mol. The lowest BCUT2D eigenvalue weighted by Gasteiger charge is -2.36. The minimum atomic E-state index is 0.0879. The van der Waals surface area contributed by atoms with Crippen molar-refractivity contribution in [1.29, 1.82) is 0 Å². The minimum absolute atomic E-state index is 0.0879. The second-order valence-corrected chi connectivity index (χ2v) is 9.87. The molecule has 0 unspecified atom stereocenters. The molecule has 0 bridgehead atoms. The van der Waals surface area contributed by atoms with E-state index in [0.717, 1.165) is 99.4 Å². The number of aromatic nitrogens is 2. The lowest BCUT2D eigenvalue weighted by atomic mass is 9.94. The molecule has 3 saturated heterocycles. The Balaban J connectivity index is 1.42. The molecule has 3 aliphatic rings. The molecule has 2 aromatic heterocycles. The molecule has 0 N–H and O–H groups in total. The number of fused-ring (bicyclic) bond motifs is 1. The fourth-order valence-corrected chi connectivity index (χ4v) is 6.09. The van der Waals surface area contributed by atoms with E-state index in [-0.39, 0.29) is 11.8 Å². The number of piperidine rings is 2. The topological polar surface area (TPSA) is 69.6 Å². The molecule has 0 saturated carbocycles. The van der Waals surface area contributed by atoms with Gasteiger partial charge >= 0.3 is 0 Å². The molecule has 0 radical (unpaired) electrons. The van der Waals surface area contributed by atoms with Crippen molar-refractivity contribution < 1.29 is 9.59 Å². The summed E-state index contributed by atoms with van der Waals surface area (Å²) >= 11 is 1.40. The Labute approximate surface area is 187 Å². The molecule has 8 heteroatoms. The summed E-state index contributed by atoms with van der Waals surface area (Å²) in [5, 5.41) is 1.01. The van der Waals surface area contributed by atoms with Gasteiger partial charge < -0.3 is 14.7 Å². The number of nitrogens with zero attached hydrogens (tertiary/aromatic N) is 5. The van der Waals surface area contributed by atoms with Gasteiger partial charge in [0, 0.05) is 51.4 Å². The number of likely N-dealkylation sites (tertiary alicyclic amines) is 2. The number of carbonyl (C=O) groups excluding carboxylic acids is 2. The molecule has 31 heavy (non-hydrogen) atoms. The van der Waals surface area contributed by atoms with Crippen LogP contribution in [0.2, 0.25) is 0 Å². The number of aryl methyl sites for hydroxylation is 1. The molecule has 2 amide bonds. The van der Waals surface area contributed by atoms with Crippen LogP contribution in [0.15, 0.2) is 6.20 Å². The van der Waals surface area contributed by atoms with Crippen molar-refractivity contribution in [2.24, 2.45) is 5.92 Å². The standard InChI is InChI=1S/C23H31N5O2S/c1-16-19-20(26-13-7-17(8-14-26)22(29)27-11-5-6-12-27)18(15-24-21(19)31-25-16)23(30)28-9-3-2-4-10-28/h15,17H,2-14H2,1H3. The Morgan fingerprint density at radius 3 is 2.29 bits per heavy atom. The molecule has 0 aliphatic carbocycles. The molecule has 0 aromatic carbocycles. The molecule has 5 heterocycles. The minimum Gasteiger partial charge on any atom is -0.370 e. The third-order valence-electron chi connectivity index (χ3n) is 7.10. The normalized spacial score (nSPS) is 20.6. The van der Waals surface area contributed by atoms with Crippen LogP contribution in [0, 0.1) is 12.8 Å². The Morgan fingerprint density at radius 2 is 1.58 bits per heavy atom. The quantitative estimate of drug-likeness (QED) is 0.730. The zero-order valence-electron chi connectivity index (χ0n) is 18.3. The lowest BCUT2D eigenvalue weighted by Crippen LogP contribution is -2.43. The number of hydrogen-bond donors (Lipinski definition) is 0. The molecular weight excluding hydrogens is 410 g/mol. The number of hydrogen-bond acceptors (Lipinski definition) is 6. The van der Waals surface area contributed by atoms with E-state index < -0.39 is 0 Å². The van der Waals surface area contributed by atoms with Crippen LogP contribution in [0.4, 0.5) is 5.69 Å². The maximum Gasteiger partial charge on any atom is 0.257 e. The molecule has 166 valence electrons. The van der Waals surface area contributed by atoms with Crippen molar-refractivity contribution in [3.63, 3.8) is 0 Å². The van der Waals surface area contributed by atoms with Crippen LogP contribution in [0.5, 0.6) is 0 Å². The van der Waals surface area contributed by atoms with Gasteiger partial charge in [-0.15, -0.1) is 0 Å². The SMILES string of the molecule is Cc1nsc2ncc(C(=O)N3CCCCC3)c(N3CCC(C(=O)N4CCCC4)CC3)c12. The Hall–Kier alpha value is -2.22. The highest BCUT2D eigenvalue weighted by atomic mass is 32.1. The van der Waals surface area contributed by atoms with Crippen molar-refractivity contribution in [2.75, 3.05) is 44.2 Å². The van der Waals surface area contributed by atoms with Gasteiger partial charge in [-0.1, -0.05) is 0 Å². The molecule has 0 atom stereocenters. The Morgan fingerprint density at radius 1 is 0.935 bits per heavy atom. The van der Waals surface area contributed by atoms with Gasteiger partial charge in [0.2, 0.25) is 5.91 Å². The van der Waals surface area contributed by atoms with Crippen LogP contribution < -0.4 is 4.90 Å². The zero-order chi connectivity index (χ0) is 21.4. The van der Waals surface area contributed by atoms with Crippen LogP contribution in [0.1, 0.15) is 61.0 Å². The summed E-state index contributed by atoms with van der Waals surface area (Å²) in [5.41, 5.74) is 2.62. The van der Waals surface area contributed by atoms with Gasteiger partial charge in [-0.2, -0.15) is 4.37 Å². The van der Waals surface area contributed by atoms with E-state index in [4.69, 9.17) is 0 Å². The van der Waals surface area contributed by atoms with E-state index in [1.165, 1.54) is 18.0 Å². The maximum atomic E-state index is 13.5. The summed E-state index contributed by atoms with van der Waals surface area (Å²) in [7, 11) is 0. The van der Waals surface area contributed by atoms with Crippen molar-refractivity contribution >= 4 is 39.3 Å². The van der Waals surface area contributed by atoms with Crippen molar-refractivity contribution in [3.05, 3.63) is 17.5 Å². The van der Waals surface area contributed by atoms with E-state index in [2.05, 4.69) is 14.3 Å². The first-order chi connectivity index (χ1) is 15.1. The van der Waals surface area contributed by atoms with Gasteiger partial charge in [0.05, 0.1) is 22.3 Å². The maximum absolute atomic E-state index is 13.5. The third kappa shape index (κ3) is 3.90. The zero-order valence-corrected chi connectivity index (χ0v) is 19.1. The van der Waals surface area contributed by atoms with Gasteiger partial charge in [0.25, 0.3) is 5.91 Å². The predicted molar refractivity (Wildman–Crippen MR) is 123 cm³/mol. The molecule has 5 rings (SSSR count). The van der Waals surface area contributed by atoms with Crippen molar-refractivity contribution in [1.82, 2.24) is 19.2 Å². The highest BCUT2D eigenvalue weighted by Gasteiger charge is 2.33. The number of amides is 2. The first-order valence-electron chi connectivity index (χ1n) is 11.7. The lowest BCUT2D eigenvalue weighted by molar-refractivity contribution is -0.135. The average molecular weight is 442 g/mol. The van der Waals surface area contributed by atoms with Gasteiger partial charge in [-0.05, 0) is 63.4 Å². The van der Waals surface area contributed by atoms with E-state index in [9.17, 15) is 9.59 Å². The molecule has 3 aliphatic heterocycles. The molecule has 7 nitrogen and oxygen atoms in total. The number of carbonyl (C=O) groups is 2. The fraction of sp³-hybridized carbons (Fsp3) is 0.652. The highest BCUT2D eigenvalue weighted by molar-refractivity contribution is 7.13. The smallest absolute Gasteiger partial charge is 0.257 e. The average Bonchev–Trinajstić information content (AvgIpc) is 3.49. The van der Waals surface area contributed by atoms with E-state index in [1.807, 2.05) is 16.7 Å². The van der Waals surface area contributed by atoms with E-state index >= 15 is 0 Å². The molecular formula is C23H31N5O2S. The van der Waals surface area contributed by atoms with Crippen LogP contribution in [-0.2, 0) is 4.79 Å². The number of rotatable bonds is 3. The predicted octanol–water partition coefficient (Wildman–Crippen LogP) is 3.46. The highest BCUT2D eigenvalue weighted by Crippen LogP contribution is 2.37. The van der Waals surface area contributed by atoms with Crippen LogP contribution in [0.3, 0.4) is 0 Å². The molecule has 2 aromatic rings. The Bertz CT molecular complexity index is 970. The molecule has 3 fully saturated rings. The van der Waals surface area contributed by atoms with Crippen LogP contribution >= 0.6 is 11.5 Å².